The molecule has 2 heterocycles. The van der Waals surface area contributed by atoms with E-state index in [-0.39, 0.29) is 12.3 Å². The summed E-state index contributed by atoms with van der Waals surface area (Å²) in [5, 5.41) is 4.25. The minimum absolute atomic E-state index is 0.234. The number of imidazole rings is 1. The van der Waals surface area contributed by atoms with Crippen LogP contribution < -0.4 is 26.1 Å². The van der Waals surface area contributed by atoms with Gasteiger partial charge in [-0.15, -0.1) is 0 Å². The summed E-state index contributed by atoms with van der Waals surface area (Å²) in [5.74, 6) is 1.58. The summed E-state index contributed by atoms with van der Waals surface area (Å²) in [7, 11) is 6.26. The monoisotopic (exact) mass is 386 g/mol. The number of anilines is 1. The van der Waals surface area contributed by atoms with Crippen molar-refractivity contribution in [2.45, 2.75) is 6.92 Å². The summed E-state index contributed by atoms with van der Waals surface area (Å²) in [6, 6.07) is 7.33. The van der Waals surface area contributed by atoms with Gasteiger partial charge in [0.25, 0.3) is 5.56 Å². The van der Waals surface area contributed by atoms with Gasteiger partial charge in [0.15, 0.2) is 22.7 Å². The van der Waals surface area contributed by atoms with Crippen LogP contribution in [0, 0.1) is 0 Å². The second kappa shape index (κ2) is 7.59. The summed E-state index contributed by atoms with van der Waals surface area (Å²) in [4.78, 5) is 28.8. The molecule has 0 fully saturated rings. The maximum atomic E-state index is 12.4. The van der Waals surface area contributed by atoms with Crippen LogP contribution in [0.2, 0.25) is 0 Å². The fourth-order valence-electron chi connectivity index (χ4n) is 2.72. The average molecular weight is 386 g/mol. The van der Waals surface area contributed by atoms with E-state index < -0.39 is 11.2 Å². The Morgan fingerprint density at radius 2 is 1.79 bits per heavy atom. The molecule has 1 N–H and O–H groups in total. The number of hydrogen-bond donors (Lipinski definition) is 1. The van der Waals surface area contributed by atoms with E-state index >= 15 is 0 Å². The number of hydrogen-bond acceptors (Lipinski definition) is 7. The average Bonchev–Trinajstić information content (AvgIpc) is 3.04. The molecule has 0 aliphatic carbocycles. The number of nitrogens with zero attached hydrogens (tertiary/aromatic N) is 5. The summed E-state index contributed by atoms with van der Waals surface area (Å²) in [6.07, 6.45) is 0. The molecule has 3 aromatic rings. The van der Waals surface area contributed by atoms with Gasteiger partial charge in [0, 0.05) is 21.1 Å². The summed E-state index contributed by atoms with van der Waals surface area (Å²) < 4.78 is 14.9. The van der Waals surface area contributed by atoms with E-state index in [1.54, 1.807) is 38.8 Å². The molecule has 0 amide bonds. The van der Waals surface area contributed by atoms with Gasteiger partial charge in [-0.05, 0) is 19.1 Å². The largest absolute Gasteiger partial charge is 0.493 e. The molecule has 28 heavy (non-hydrogen) atoms. The van der Waals surface area contributed by atoms with E-state index in [0.29, 0.717) is 28.7 Å². The molecular weight excluding hydrogens is 364 g/mol. The lowest BCUT2D eigenvalue weighted by molar-refractivity contribution is 0.334. The molecule has 0 saturated heterocycles. The van der Waals surface area contributed by atoms with Crippen LogP contribution in [-0.4, -0.2) is 38.1 Å². The molecule has 148 valence electrons. The first-order valence-electron chi connectivity index (χ1n) is 8.52. The Balaban J connectivity index is 1.82. The summed E-state index contributed by atoms with van der Waals surface area (Å²) in [6.45, 7) is 2.03. The van der Waals surface area contributed by atoms with Crippen LogP contribution >= 0.6 is 0 Å². The van der Waals surface area contributed by atoms with Crippen LogP contribution in [0.3, 0.4) is 0 Å². The molecule has 3 rings (SSSR count). The fraction of sp³-hybridized carbons (Fsp3) is 0.333. The molecule has 10 nitrogen and oxygen atoms in total. The highest BCUT2D eigenvalue weighted by atomic mass is 16.5. The van der Waals surface area contributed by atoms with Crippen molar-refractivity contribution in [3.05, 3.63) is 45.1 Å². The van der Waals surface area contributed by atoms with Crippen LogP contribution in [0.25, 0.3) is 11.2 Å². The van der Waals surface area contributed by atoms with E-state index in [1.807, 2.05) is 18.2 Å². The van der Waals surface area contributed by atoms with Crippen molar-refractivity contribution < 1.29 is 9.47 Å². The Kier molecular flexibility index (Phi) is 5.21. The quantitative estimate of drug-likeness (QED) is 0.497. The van der Waals surface area contributed by atoms with E-state index in [2.05, 4.69) is 15.5 Å². The first-order valence-corrected chi connectivity index (χ1v) is 8.52. The molecular formula is C18H22N6O4. The first kappa shape index (κ1) is 19.2. The van der Waals surface area contributed by atoms with E-state index in [0.717, 1.165) is 4.57 Å². The normalized spacial score (nSPS) is 11.7. The molecule has 0 atom stereocenters. The van der Waals surface area contributed by atoms with Gasteiger partial charge < -0.3 is 14.0 Å². The first-order chi connectivity index (χ1) is 13.3. The Bertz CT molecular complexity index is 1170. The number of benzene rings is 1. The number of ether oxygens (including phenoxy) is 2. The number of methoxy groups -OCH3 is 1. The maximum absolute atomic E-state index is 12.4. The van der Waals surface area contributed by atoms with E-state index in [4.69, 9.17) is 9.47 Å². The minimum Gasteiger partial charge on any atom is -0.493 e. The third-order valence-electron chi connectivity index (χ3n) is 4.33. The summed E-state index contributed by atoms with van der Waals surface area (Å²) >= 11 is 0. The number of fused-ring (bicyclic) bond motifs is 1. The highest BCUT2D eigenvalue weighted by Crippen LogP contribution is 2.25. The third-order valence-corrected chi connectivity index (χ3v) is 4.33. The zero-order chi connectivity index (χ0) is 20.4. The van der Waals surface area contributed by atoms with Crippen molar-refractivity contribution in [3.63, 3.8) is 0 Å². The smallest absolute Gasteiger partial charge is 0.332 e. The molecule has 0 aliphatic heterocycles. The van der Waals surface area contributed by atoms with Crippen molar-refractivity contribution in [1.82, 2.24) is 18.7 Å². The zero-order valence-corrected chi connectivity index (χ0v) is 16.4. The Labute approximate surface area is 160 Å². The molecule has 0 spiro atoms. The van der Waals surface area contributed by atoms with Gasteiger partial charge in [0.05, 0.1) is 12.8 Å². The number of para-hydroxylation sites is 2. The van der Waals surface area contributed by atoms with Crippen LogP contribution in [0.15, 0.2) is 39.0 Å². The van der Waals surface area contributed by atoms with Crippen LogP contribution in [0.5, 0.6) is 11.5 Å². The van der Waals surface area contributed by atoms with Gasteiger partial charge in [0.2, 0.25) is 5.95 Å². The number of rotatable bonds is 6. The predicted octanol–water partition coefficient (Wildman–Crippen LogP) is 0.846. The Hall–Kier alpha value is -3.56. The van der Waals surface area contributed by atoms with Gasteiger partial charge in [0.1, 0.15) is 6.61 Å². The lowest BCUT2D eigenvalue weighted by Gasteiger charge is -2.10. The van der Waals surface area contributed by atoms with Crippen molar-refractivity contribution >= 4 is 22.8 Å². The topological polar surface area (TPSA) is 105 Å². The molecule has 2 aromatic heterocycles. The molecule has 0 saturated carbocycles. The lowest BCUT2D eigenvalue weighted by Crippen LogP contribution is -2.37. The Morgan fingerprint density at radius 1 is 1.11 bits per heavy atom. The van der Waals surface area contributed by atoms with Crippen molar-refractivity contribution in [2.75, 3.05) is 19.1 Å². The highest BCUT2D eigenvalue weighted by Gasteiger charge is 2.16. The zero-order valence-electron chi connectivity index (χ0n) is 16.4. The number of aromatic nitrogens is 4. The van der Waals surface area contributed by atoms with Gasteiger partial charge in [-0.1, -0.05) is 12.1 Å². The van der Waals surface area contributed by atoms with Crippen molar-refractivity contribution in [2.24, 2.45) is 26.2 Å². The van der Waals surface area contributed by atoms with Crippen LogP contribution in [-0.2, 0) is 21.1 Å². The lowest BCUT2D eigenvalue weighted by atomic mass is 10.3. The number of hydrazone groups is 1. The number of aryl methyl sites for hydroxylation is 2. The van der Waals surface area contributed by atoms with Crippen LogP contribution in [0.4, 0.5) is 5.95 Å². The van der Waals surface area contributed by atoms with Gasteiger partial charge in [-0.25, -0.2) is 10.2 Å². The molecule has 0 bridgehead atoms. The van der Waals surface area contributed by atoms with Gasteiger partial charge in [-0.2, -0.15) is 10.1 Å². The number of nitrogens with one attached hydrogen (secondary N) is 1. The van der Waals surface area contributed by atoms with Gasteiger partial charge in [-0.3, -0.25) is 13.9 Å². The standard InChI is InChI=1S/C18H22N6O4/c1-11(10-28-13-9-7-6-8-12(13)27-5)20-21-17-19-15-14(22(17)2)16(25)24(4)18(26)23(15)3/h6-9H,10H2,1-5H3,(H,19,21)/b20-11+. The predicted molar refractivity (Wildman–Crippen MR) is 106 cm³/mol. The van der Waals surface area contributed by atoms with Gasteiger partial charge >= 0.3 is 5.69 Å². The minimum atomic E-state index is -0.438. The van der Waals surface area contributed by atoms with E-state index in [9.17, 15) is 9.59 Å². The molecule has 1 aromatic carbocycles. The second-order valence-electron chi connectivity index (χ2n) is 6.27. The molecule has 0 radical (unpaired) electrons. The Morgan fingerprint density at radius 3 is 2.46 bits per heavy atom. The molecule has 0 aliphatic rings. The summed E-state index contributed by atoms with van der Waals surface area (Å²) in [5.41, 5.74) is 3.22. The molecule has 10 heteroatoms. The molecule has 0 unspecified atom stereocenters. The van der Waals surface area contributed by atoms with Crippen molar-refractivity contribution in [1.29, 1.82) is 0 Å². The highest BCUT2D eigenvalue weighted by molar-refractivity contribution is 5.84. The SMILES string of the molecule is COc1ccccc1OC/C(C)=N/Nc1nc2c(c(=O)n(C)c(=O)n2C)n1C. The third kappa shape index (κ3) is 3.36. The van der Waals surface area contributed by atoms with Crippen LogP contribution in [0.1, 0.15) is 6.92 Å². The van der Waals surface area contributed by atoms with E-state index in [1.165, 1.54) is 11.6 Å². The maximum Gasteiger partial charge on any atom is 0.332 e. The van der Waals surface area contributed by atoms with Crippen molar-refractivity contribution in [3.8, 4) is 11.5 Å². The second-order valence-corrected chi connectivity index (χ2v) is 6.27. The fourth-order valence-corrected chi connectivity index (χ4v) is 2.72.